The summed E-state index contributed by atoms with van der Waals surface area (Å²) in [4.78, 5) is 0. The van der Waals surface area contributed by atoms with Crippen molar-refractivity contribution in [2.24, 2.45) is 0 Å². The average molecular weight is 146 g/mol. The van der Waals surface area contributed by atoms with Crippen LogP contribution in [0.3, 0.4) is 0 Å². The fourth-order valence-corrected chi connectivity index (χ4v) is 1.08. The first-order chi connectivity index (χ1) is 4.27. The fourth-order valence-electron chi connectivity index (χ4n) is 0.359. The Balaban J connectivity index is 2.99. The van der Waals surface area contributed by atoms with E-state index in [1.54, 1.807) is 18.7 Å². The van der Waals surface area contributed by atoms with E-state index in [2.05, 4.69) is 13.0 Å². The molecular weight excluding hydrogens is 132 g/mol. The molecule has 0 aliphatic carbocycles. The van der Waals surface area contributed by atoms with Crippen LogP contribution in [-0.4, -0.2) is 17.0 Å². The van der Waals surface area contributed by atoms with Crippen LogP contribution in [0.1, 0.15) is 20.3 Å². The van der Waals surface area contributed by atoms with E-state index in [-0.39, 0.29) is 6.10 Å². The van der Waals surface area contributed by atoms with Gasteiger partial charge in [0, 0.05) is 5.75 Å². The second-order valence-corrected chi connectivity index (χ2v) is 2.90. The van der Waals surface area contributed by atoms with Crippen molar-refractivity contribution in [1.29, 1.82) is 0 Å². The second-order valence-electron chi connectivity index (χ2n) is 1.96. The van der Waals surface area contributed by atoms with Crippen molar-refractivity contribution in [2.75, 3.05) is 5.75 Å². The summed E-state index contributed by atoms with van der Waals surface area (Å²) in [5, 5.41) is 10.8. The van der Waals surface area contributed by atoms with E-state index in [9.17, 15) is 0 Å². The van der Waals surface area contributed by atoms with Crippen molar-refractivity contribution in [3.8, 4) is 0 Å². The van der Waals surface area contributed by atoms with Crippen molar-refractivity contribution in [3.05, 3.63) is 11.5 Å². The van der Waals surface area contributed by atoms with Gasteiger partial charge in [-0.05, 0) is 18.8 Å². The lowest BCUT2D eigenvalue weighted by molar-refractivity contribution is 0.220. The largest absolute Gasteiger partial charge is 0.393 e. The molecule has 0 aromatic carbocycles. The molecule has 0 amide bonds. The molecule has 1 unspecified atom stereocenters. The first-order valence-electron chi connectivity index (χ1n) is 3.22. The van der Waals surface area contributed by atoms with Crippen LogP contribution in [0.15, 0.2) is 11.5 Å². The van der Waals surface area contributed by atoms with E-state index in [0.717, 1.165) is 12.2 Å². The summed E-state index contributed by atoms with van der Waals surface area (Å²) in [6.07, 6.45) is 2.98. The lowest BCUT2D eigenvalue weighted by atomic mass is 10.5. The number of aliphatic hydroxyl groups is 1. The van der Waals surface area contributed by atoms with E-state index in [4.69, 9.17) is 5.11 Å². The van der Waals surface area contributed by atoms with E-state index in [1.165, 1.54) is 0 Å². The molecule has 9 heavy (non-hydrogen) atoms. The predicted octanol–water partition coefficient (Wildman–Crippen LogP) is 2.02. The van der Waals surface area contributed by atoms with Crippen molar-refractivity contribution in [1.82, 2.24) is 0 Å². The molecule has 0 spiro atoms. The van der Waals surface area contributed by atoms with Crippen molar-refractivity contribution >= 4 is 11.8 Å². The summed E-state index contributed by atoms with van der Waals surface area (Å²) in [6, 6.07) is 0. The third kappa shape index (κ3) is 8.05. The maximum Gasteiger partial charge on any atom is 0.0605 e. The van der Waals surface area contributed by atoms with Gasteiger partial charge in [-0.25, -0.2) is 0 Å². The number of hydrogen-bond donors (Lipinski definition) is 1. The lowest BCUT2D eigenvalue weighted by Gasteiger charge is -1.97. The molecular formula is C7H14OS. The van der Waals surface area contributed by atoms with Crippen LogP contribution in [-0.2, 0) is 0 Å². The Morgan fingerprint density at radius 1 is 1.67 bits per heavy atom. The second kappa shape index (κ2) is 6.17. The Kier molecular flexibility index (Phi) is 6.21. The molecule has 0 aliphatic rings. The van der Waals surface area contributed by atoms with Gasteiger partial charge >= 0.3 is 0 Å². The van der Waals surface area contributed by atoms with Crippen LogP contribution in [0.2, 0.25) is 0 Å². The quantitative estimate of drug-likeness (QED) is 0.655. The first-order valence-corrected chi connectivity index (χ1v) is 4.27. The average Bonchev–Trinajstić information content (AvgIpc) is 1.80. The highest BCUT2D eigenvalue weighted by Crippen LogP contribution is 2.04. The van der Waals surface area contributed by atoms with Crippen LogP contribution in [0, 0.1) is 0 Å². The lowest BCUT2D eigenvalue weighted by Crippen LogP contribution is -2.00. The van der Waals surface area contributed by atoms with E-state index < -0.39 is 0 Å². The van der Waals surface area contributed by atoms with Gasteiger partial charge in [0.25, 0.3) is 0 Å². The summed E-state index contributed by atoms with van der Waals surface area (Å²) >= 11 is 1.66. The van der Waals surface area contributed by atoms with Crippen molar-refractivity contribution in [3.63, 3.8) is 0 Å². The molecule has 0 aliphatic heterocycles. The molecule has 2 heteroatoms. The van der Waals surface area contributed by atoms with Gasteiger partial charge in [-0.3, -0.25) is 0 Å². The minimum absolute atomic E-state index is 0.184. The highest BCUT2D eigenvalue weighted by molar-refractivity contribution is 8.02. The number of allylic oxidation sites excluding steroid dienone is 1. The molecule has 0 fully saturated rings. The Labute approximate surface area is 61.2 Å². The Morgan fingerprint density at radius 2 is 2.33 bits per heavy atom. The summed E-state index contributed by atoms with van der Waals surface area (Å²) in [5.74, 6) is 0.802. The highest BCUT2D eigenvalue weighted by atomic mass is 32.2. The normalized spacial score (nSPS) is 14.6. The topological polar surface area (TPSA) is 20.2 Å². The van der Waals surface area contributed by atoms with Crippen LogP contribution in [0.5, 0.6) is 0 Å². The number of aliphatic hydroxyl groups excluding tert-OH is 1. The van der Waals surface area contributed by atoms with Gasteiger partial charge in [0.15, 0.2) is 0 Å². The Morgan fingerprint density at radius 3 is 2.78 bits per heavy atom. The van der Waals surface area contributed by atoms with Crippen molar-refractivity contribution < 1.29 is 5.11 Å². The third-order valence-corrected chi connectivity index (χ3v) is 1.83. The van der Waals surface area contributed by atoms with Crippen LogP contribution >= 0.6 is 11.8 Å². The zero-order valence-corrected chi connectivity index (χ0v) is 6.82. The maximum absolute atomic E-state index is 8.80. The molecule has 0 rings (SSSR count). The maximum atomic E-state index is 8.80. The molecule has 1 nitrogen and oxygen atoms in total. The molecule has 0 saturated carbocycles. The SMILES string of the molecule is CC/C=C\SCC(C)O. The summed E-state index contributed by atoms with van der Waals surface area (Å²) in [5.41, 5.74) is 0. The molecule has 1 N–H and O–H groups in total. The highest BCUT2D eigenvalue weighted by Gasteiger charge is 1.90. The Bertz CT molecular complexity index is 79.0. The molecule has 1 atom stereocenters. The standard InChI is InChI=1S/C7H14OS/c1-3-4-5-9-6-7(2)8/h4-5,7-8H,3,6H2,1-2H3/b5-4-. The molecule has 0 aromatic heterocycles. The summed E-state index contributed by atoms with van der Waals surface area (Å²) in [7, 11) is 0. The number of thioether (sulfide) groups is 1. The molecule has 0 saturated heterocycles. The van der Waals surface area contributed by atoms with Crippen molar-refractivity contribution in [2.45, 2.75) is 26.4 Å². The number of hydrogen-bond acceptors (Lipinski definition) is 2. The van der Waals surface area contributed by atoms with E-state index in [0.29, 0.717) is 0 Å². The van der Waals surface area contributed by atoms with E-state index >= 15 is 0 Å². The zero-order chi connectivity index (χ0) is 7.11. The van der Waals surface area contributed by atoms with Gasteiger partial charge in [0.2, 0.25) is 0 Å². The van der Waals surface area contributed by atoms with Crippen LogP contribution in [0.25, 0.3) is 0 Å². The molecule has 0 radical (unpaired) electrons. The third-order valence-electron chi connectivity index (χ3n) is 0.766. The van der Waals surface area contributed by atoms with Gasteiger partial charge in [0.1, 0.15) is 0 Å². The molecule has 0 aromatic rings. The minimum atomic E-state index is -0.184. The van der Waals surface area contributed by atoms with E-state index in [1.807, 2.05) is 5.41 Å². The van der Waals surface area contributed by atoms with Crippen LogP contribution in [0.4, 0.5) is 0 Å². The monoisotopic (exact) mass is 146 g/mol. The van der Waals surface area contributed by atoms with Gasteiger partial charge in [-0.1, -0.05) is 13.0 Å². The molecule has 0 bridgehead atoms. The predicted molar refractivity (Wildman–Crippen MR) is 43.6 cm³/mol. The van der Waals surface area contributed by atoms with Gasteiger partial charge in [-0.2, -0.15) is 0 Å². The van der Waals surface area contributed by atoms with Crippen LogP contribution < -0.4 is 0 Å². The first kappa shape index (κ1) is 9.05. The Hall–Kier alpha value is 0.0500. The number of rotatable bonds is 4. The van der Waals surface area contributed by atoms with Gasteiger partial charge in [-0.15, -0.1) is 11.8 Å². The zero-order valence-electron chi connectivity index (χ0n) is 6.00. The van der Waals surface area contributed by atoms with Gasteiger partial charge in [0.05, 0.1) is 6.10 Å². The summed E-state index contributed by atoms with van der Waals surface area (Å²) in [6.45, 7) is 3.90. The summed E-state index contributed by atoms with van der Waals surface area (Å²) < 4.78 is 0. The molecule has 54 valence electrons. The fraction of sp³-hybridized carbons (Fsp3) is 0.714. The molecule has 0 heterocycles. The minimum Gasteiger partial charge on any atom is -0.393 e. The smallest absolute Gasteiger partial charge is 0.0605 e. The van der Waals surface area contributed by atoms with Gasteiger partial charge < -0.3 is 5.11 Å².